The first-order valence-corrected chi connectivity index (χ1v) is 8.51. The largest absolute Gasteiger partial charge is 0.508 e. The van der Waals surface area contributed by atoms with Gasteiger partial charge in [-0.15, -0.1) is 0 Å². The van der Waals surface area contributed by atoms with Gasteiger partial charge in [-0.05, 0) is 23.6 Å². The van der Waals surface area contributed by atoms with E-state index >= 15 is 0 Å². The molecule has 0 aromatic heterocycles. The van der Waals surface area contributed by atoms with E-state index in [0.29, 0.717) is 0 Å². The maximum atomic E-state index is 12.7. The van der Waals surface area contributed by atoms with Crippen molar-refractivity contribution in [2.45, 2.75) is 38.4 Å². The number of methoxy groups -OCH3 is 1. The van der Waals surface area contributed by atoms with Crippen LogP contribution in [0.25, 0.3) is 0 Å². The van der Waals surface area contributed by atoms with E-state index in [0.717, 1.165) is 5.56 Å². The van der Waals surface area contributed by atoms with Gasteiger partial charge in [0.2, 0.25) is 11.8 Å². The van der Waals surface area contributed by atoms with E-state index in [1.165, 1.54) is 19.2 Å². The van der Waals surface area contributed by atoms with Gasteiger partial charge in [0.1, 0.15) is 11.8 Å². The molecule has 1 rings (SSSR count). The zero-order chi connectivity index (χ0) is 20.6. The number of phenolic OH excluding ortho intramolecular Hbond substituents is 1. The van der Waals surface area contributed by atoms with Crippen molar-refractivity contribution in [1.82, 2.24) is 10.6 Å². The Morgan fingerprint density at radius 3 is 2.19 bits per heavy atom. The number of hydrogen-bond donors (Lipinski definition) is 5. The number of hydrogen-bond acceptors (Lipinski definition) is 6. The molecule has 0 fully saturated rings. The highest BCUT2D eigenvalue weighted by Crippen LogP contribution is 2.18. The molecule has 9 nitrogen and oxygen atoms in total. The van der Waals surface area contributed by atoms with Crippen LogP contribution in [0.2, 0.25) is 0 Å². The van der Waals surface area contributed by atoms with Crippen molar-refractivity contribution in [3.8, 4) is 5.75 Å². The number of carboxylic acids is 1. The maximum Gasteiger partial charge on any atom is 0.305 e. The van der Waals surface area contributed by atoms with Crippen molar-refractivity contribution in [3.63, 3.8) is 0 Å². The van der Waals surface area contributed by atoms with Gasteiger partial charge in [0.15, 0.2) is 0 Å². The van der Waals surface area contributed by atoms with E-state index in [9.17, 15) is 19.5 Å². The zero-order valence-corrected chi connectivity index (χ0v) is 15.6. The van der Waals surface area contributed by atoms with Crippen LogP contribution in [0, 0.1) is 5.92 Å². The Hall–Kier alpha value is -2.65. The summed E-state index contributed by atoms with van der Waals surface area (Å²) in [5, 5.41) is 23.5. The summed E-state index contributed by atoms with van der Waals surface area (Å²) in [7, 11) is 1.49. The zero-order valence-electron chi connectivity index (χ0n) is 15.6. The Kier molecular flexibility index (Phi) is 8.70. The highest BCUT2D eigenvalue weighted by Gasteiger charge is 2.29. The summed E-state index contributed by atoms with van der Waals surface area (Å²) in [5.74, 6) is -2.51. The lowest BCUT2D eigenvalue weighted by Gasteiger charge is -2.26. The van der Waals surface area contributed by atoms with Gasteiger partial charge < -0.3 is 31.3 Å². The standard InChI is InChI=1S/C18H27N3O6/c1-10(2)16(21-17(25)13(19)8-15(23)24)18(26)20-14(9-27-3)11-4-6-12(22)7-5-11/h4-7,10,13-14,16,22H,8-9,19H2,1-3H3,(H,20,26)(H,21,25)(H,23,24)/t13-,14-,16+/m0/s1. The second kappa shape index (κ2) is 10.5. The fourth-order valence-corrected chi connectivity index (χ4v) is 2.43. The summed E-state index contributed by atoms with van der Waals surface area (Å²) >= 11 is 0. The number of benzene rings is 1. The SMILES string of the molecule is COC[C@H](NC(=O)[C@H](NC(=O)[C@@H](N)CC(=O)O)C(C)C)c1ccc(O)cc1. The van der Waals surface area contributed by atoms with Crippen LogP contribution in [0.15, 0.2) is 24.3 Å². The minimum Gasteiger partial charge on any atom is -0.508 e. The second-order valence-corrected chi connectivity index (χ2v) is 6.54. The lowest BCUT2D eigenvalue weighted by atomic mass is 10.0. The second-order valence-electron chi connectivity index (χ2n) is 6.54. The number of amides is 2. The molecule has 0 aliphatic carbocycles. The van der Waals surface area contributed by atoms with Gasteiger partial charge in [-0.2, -0.15) is 0 Å². The number of nitrogens with one attached hydrogen (secondary N) is 2. The number of aromatic hydroxyl groups is 1. The van der Waals surface area contributed by atoms with E-state index in [1.807, 2.05) is 0 Å². The van der Waals surface area contributed by atoms with Gasteiger partial charge in [0, 0.05) is 7.11 Å². The fraction of sp³-hybridized carbons (Fsp3) is 0.500. The molecule has 3 atom stereocenters. The number of aliphatic carboxylic acids is 1. The molecule has 1 aromatic carbocycles. The number of carboxylic acid groups (broad SMARTS) is 1. The number of nitrogens with two attached hydrogens (primary N) is 1. The van der Waals surface area contributed by atoms with Crippen LogP contribution in [0.1, 0.15) is 31.9 Å². The highest BCUT2D eigenvalue weighted by atomic mass is 16.5. The van der Waals surface area contributed by atoms with Gasteiger partial charge in [0.25, 0.3) is 0 Å². The van der Waals surface area contributed by atoms with E-state index < -0.39 is 42.3 Å². The van der Waals surface area contributed by atoms with Gasteiger partial charge in [-0.3, -0.25) is 14.4 Å². The van der Waals surface area contributed by atoms with E-state index in [4.69, 9.17) is 15.6 Å². The third-order valence-corrected chi connectivity index (χ3v) is 3.92. The van der Waals surface area contributed by atoms with Crippen LogP contribution in [-0.4, -0.2) is 53.8 Å². The molecule has 0 saturated heterocycles. The summed E-state index contributed by atoms with van der Waals surface area (Å²) in [6, 6.07) is 3.68. The maximum absolute atomic E-state index is 12.7. The Morgan fingerprint density at radius 2 is 1.70 bits per heavy atom. The molecule has 9 heteroatoms. The first kappa shape index (κ1) is 22.4. The van der Waals surface area contributed by atoms with Crippen molar-refractivity contribution in [1.29, 1.82) is 0 Å². The molecule has 150 valence electrons. The summed E-state index contributed by atoms with van der Waals surface area (Å²) in [6.45, 7) is 3.69. The molecule has 0 saturated carbocycles. The Balaban J connectivity index is 2.87. The topological polar surface area (TPSA) is 151 Å². The van der Waals surface area contributed by atoms with Gasteiger partial charge >= 0.3 is 5.97 Å². The molecule has 6 N–H and O–H groups in total. The van der Waals surface area contributed by atoms with Crippen LogP contribution >= 0.6 is 0 Å². The molecule has 0 bridgehead atoms. The molecule has 2 amide bonds. The first-order chi connectivity index (χ1) is 12.6. The highest BCUT2D eigenvalue weighted by molar-refractivity contribution is 5.91. The van der Waals surface area contributed by atoms with Gasteiger partial charge in [-0.25, -0.2) is 0 Å². The molecular formula is C18H27N3O6. The van der Waals surface area contributed by atoms with Crippen LogP contribution in [0.3, 0.4) is 0 Å². The van der Waals surface area contributed by atoms with Crippen LogP contribution < -0.4 is 16.4 Å². The van der Waals surface area contributed by atoms with Crippen molar-refractivity contribution in [2.75, 3.05) is 13.7 Å². The third kappa shape index (κ3) is 7.24. The van der Waals surface area contributed by atoms with Crippen molar-refractivity contribution in [3.05, 3.63) is 29.8 Å². The van der Waals surface area contributed by atoms with E-state index in [-0.39, 0.29) is 18.3 Å². The number of ether oxygens (including phenoxy) is 1. The predicted octanol–water partition coefficient (Wildman–Crippen LogP) is 0.139. The normalized spacial score (nSPS) is 14.3. The smallest absolute Gasteiger partial charge is 0.305 e. The summed E-state index contributed by atoms with van der Waals surface area (Å²) in [4.78, 5) is 35.5. The van der Waals surface area contributed by atoms with Gasteiger partial charge in [0.05, 0.1) is 25.1 Å². The molecule has 0 aliphatic heterocycles. The lowest BCUT2D eigenvalue weighted by Crippen LogP contribution is -2.54. The summed E-state index contributed by atoms with van der Waals surface area (Å²) in [6.07, 6.45) is -0.530. The molecule has 0 spiro atoms. The Labute approximate surface area is 157 Å². The molecular weight excluding hydrogens is 354 g/mol. The summed E-state index contributed by atoms with van der Waals surface area (Å²) in [5.41, 5.74) is 6.27. The van der Waals surface area contributed by atoms with E-state index in [1.54, 1.807) is 26.0 Å². The first-order valence-electron chi connectivity index (χ1n) is 8.51. The number of carbonyl (C=O) groups excluding carboxylic acids is 2. The average molecular weight is 381 g/mol. The molecule has 1 aromatic rings. The number of phenols is 1. The molecule has 0 aliphatic rings. The molecule has 27 heavy (non-hydrogen) atoms. The van der Waals surface area contributed by atoms with Gasteiger partial charge in [-0.1, -0.05) is 26.0 Å². The minimum absolute atomic E-state index is 0.0981. The van der Waals surface area contributed by atoms with Crippen LogP contribution in [-0.2, 0) is 19.1 Å². The summed E-state index contributed by atoms with van der Waals surface area (Å²) < 4.78 is 5.14. The minimum atomic E-state index is -1.25. The Morgan fingerprint density at radius 1 is 1.11 bits per heavy atom. The average Bonchev–Trinajstić information content (AvgIpc) is 2.58. The predicted molar refractivity (Wildman–Crippen MR) is 97.9 cm³/mol. The third-order valence-electron chi connectivity index (χ3n) is 3.92. The number of carbonyl (C=O) groups is 3. The molecule has 0 unspecified atom stereocenters. The van der Waals surface area contributed by atoms with Crippen LogP contribution in [0.5, 0.6) is 5.75 Å². The van der Waals surface area contributed by atoms with Crippen LogP contribution in [0.4, 0.5) is 0 Å². The van der Waals surface area contributed by atoms with Crippen molar-refractivity contribution in [2.24, 2.45) is 11.7 Å². The Bertz CT molecular complexity index is 647. The van der Waals surface area contributed by atoms with Crippen molar-refractivity contribution < 1.29 is 29.3 Å². The van der Waals surface area contributed by atoms with E-state index in [2.05, 4.69) is 10.6 Å². The number of rotatable bonds is 10. The lowest BCUT2D eigenvalue weighted by molar-refractivity contribution is -0.139. The monoisotopic (exact) mass is 381 g/mol. The molecule has 0 radical (unpaired) electrons. The fourth-order valence-electron chi connectivity index (χ4n) is 2.43. The van der Waals surface area contributed by atoms with Crippen molar-refractivity contribution >= 4 is 17.8 Å². The quantitative estimate of drug-likeness (QED) is 0.387. The molecule has 0 heterocycles.